The van der Waals surface area contributed by atoms with Crippen molar-refractivity contribution in [3.05, 3.63) is 102 Å². The van der Waals surface area contributed by atoms with Crippen molar-refractivity contribution in [2.75, 3.05) is 5.32 Å². The number of benzene rings is 3. The van der Waals surface area contributed by atoms with Gasteiger partial charge in [0.1, 0.15) is 12.2 Å². The van der Waals surface area contributed by atoms with Crippen molar-refractivity contribution >= 4 is 17.9 Å². The molecule has 0 saturated carbocycles. The molecule has 1 unspecified atom stereocenters. The number of nitrogens with one attached hydrogen (secondary N) is 2. The van der Waals surface area contributed by atoms with Crippen molar-refractivity contribution in [1.29, 1.82) is 0 Å². The van der Waals surface area contributed by atoms with Crippen molar-refractivity contribution in [1.82, 2.24) is 5.32 Å². The molecular weight excluding hydrogens is 404 g/mol. The van der Waals surface area contributed by atoms with E-state index in [-0.39, 0.29) is 6.61 Å². The van der Waals surface area contributed by atoms with Gasteiger partial charge in [0, 0.05) is 5.69 Å². The second kappa shape index (κ2) is 10.5. The molecule has 0 aliphatic heterocycles. The largest absolute Gasteiger partial charge is 0.444 e. The van der Waals surface area contributed by atoms with E-state index < -0.39 is 23.8 Å². The van der Waals surface area contributed by atoms with Gasteiger partial charge in [-0.25, -0.2) is 9.59 Å². The SMILES string of the molecule is CC(C)(C)OC(=O)NC(c1ccccc1)c1cccc(NC(=O)OCc2ccccc2)c1. The van der Waals surface area contributed by atoms with Gasteiger partial charge in [0.2, 0.25) is 0 Å². The number of hydrogen-bond acceptors (Lipinski definition) is 4. The summed E-state index contributed by atoms with van der Waals surface area (Å²) in [5.41, 5.74) is 2.54. The standard InChI is InChI=1S/C26H28N2O4/c1-26(2,3)32-25(30)28-23(20-13-8-5-9-14-20)21-15-10-16-22(17-21)27-24(29)31-18-19-11-6-4-7-12-19/h4-17,23H,18H2,1-3H3,(H,27,29)(H,28,30). The Bertz CT molecular complexity index is 1030. The summed E-state index contributed by atoms with van der Waals surface area (Å²) in [7, 11) is 0. The minimum Gasteiger partial charge on any atom is -0.444 e. The van der Waals surface area contributed by atoms with E-state index in [0.29, 0.717) is 5.69 Å². The topological polar surface area (TPSA) is 76.7 Å². The lowest BCUT2D eigenvalue weighted by atomic mass is 9.98. The number of anilines is 1. The fourth-order valence-corrected chi connectivity index (χ4v) is 3.10. The molecule has 3 aromatic rings. The molecule has 6 nitrogen and oxygen atoms in total. The number of carbonyl (C=O) groups is 2. The fraction of sp³-hybridized carbons (Fsp3) is 0.231. The van der Waals surface area contributed by atoms with Crippen LogP contribution in [0.5, 0.6) is 0 Å². The van der Waals surface area contributed by atoms with Crippen LogP contribution in [0, 0.1) is 0 Å². The third-order valence-corrected chi connectivity index (χ3v) is 4.47. The molecule has 0 heterocycles. The summed E-state index contributed by atoms with van der Waals surface area (Å²) in [6.45, 7) is 5.63. The minimum atomic E-state index is -0.614. The number of alkyl carbamates (subject to hydrolysis) is 1. The van der Waals surface area contributed by atoms with E-state index in [2.05, 4.69) is 10.6 Å². The molecule has 166 valence electrons. The van der Waals surface area contributed by atoms with Gasteiger partial charge < -0.3 is 14.8 Å². The normalized spacial score (nSPS) is 11.8. The summed E-state index contributed by atoms with van der Waals surface area (Å²) in [6, 6.07) is 25.9. The van der Waals surface area contributed by atoms with Gasteiger partial charge in [0.05, 0.1) is 6.04 Å². The Morgan fingerprint density at radius 1 is 0.812 bits per heavy atom. The van der Waals surface area contributed by atoms with Crippen molar-refractivity contribution in [3.8, 4) is 0 Å². The number of carbonyl (C=O) groups excluding carboxylic acids is 2. The molecule has 2 N–H and O–H groups in total. The van der Waals surface area contributed by atoms with Gasteiger partial charge in [-0.05, 0) is 49.6 Å². The van der Waals surface area contributed by atoms with Crippen molar-refractivity contribution in [2.45, 2.75) is 39.0 Å². The first-order chi connectivity index (χ1) is 15.3. The maximum absolute atomic E-state index is 12.5. The lowest BCUT2D eigenvalue weighted by molar-refractivity contribution is 0.0512. The molecule has 3 rings (SSSR count). The highest BCUT2D eigenvalue weighted by Gasteiger charge is 2.22. The second-order valence-electron chi connectivity index (χ2n) is 8.30. The molecule has 1 atom stereocenters. The van der Waals surface area contributed by atoms with Crippen LogP contribution in [0.1, 0.15) is 43.5 Å². The number of hydrogen-bond donors (Lipinski definition) is 2. The molecule has 0 aliphatic carbocycles. The van der Waals surface area contributed by atoms with Gasteiger partial charge >= 0.3 is 12.2 Å². The lowest BCUT2D eigenvalue weighted by Gasteiger charge is -2.24. The molecule has 0 bridgehead atoms. The van der Waals surface area contributed by atoms with Crippen LogP contribution in [-0.2, 0) is 16.1 Å². The first-order valence-electron chi connectivity index (χ1n) is 10.4. The van der Waals surface area contributed by atoms with E-state index in [0.717, 1.165) is 16.7 Å². The summed E-state index contributed by atoms with van der Waals surface area (Å²) >= 11 is 0. The van der Waals surface area contributed by atoms with Crippen LogP contribution < -0.4 is 10.6 Å². The summed E-state index contributed by atoms with van der Waals surface area (Å²) in [5.74, 6) is 0. The van der Waals surface area contributed by atoms with E-state index >= 15 is 0 Å². The molecule has 6 heteroatoms. The number of amides is 2. The molecule has 0 aromatic heterocycles. The third kappa shape index (κ3) is 7.16. The van der Waals surface area contributed by atoms with Crippen LogP contribution in [-0.4, -0.2) is 17.8 Å². The molecular formula is C26H28N2O4. The van der Waals surface area contributed by atoms with Crippen LogP contribution in [0.2, 0.25) is 0 Å². The third-order valence-electron chi connectivity index (χ3n) is 4.47. The van der Waals surface area contributed by atoms with E-state index in [9.17, 15) is 9.59 Å². The van der Waals surface area contributed by atoms with Crippen molar-refractivity contribution < 1.29 is 19.1 Å². The Labute approximate surface area is 188 Å². The second-order valence-corrected chi connectivity index (χ2v) is 8.30. The Hall–Kier alpha value is -3.80. The first kappa shape index (κ1) is 22.9. The lowest BCUT2D eigenvalue weighted by Crippen LogP contribution is -2.35. The Morgan fingerprint density at radius 3 is 2.09 bits per heavy atom. The maximum atomic E-state index is 12.5. The summed E-state index contributed by atoms with van der Waals surface area (Å²) < 4.78 is 10.7. The zero-order valence-corrected chi connectivity index (χ0v) is 18.5. The highest BCUT2D eigenvalue weighted by molar-refractivity contribution is 5.84. The van der Waals surface area contributed by atoms with E-state index in [1.807, 2.05) is 93.6 Å². The monoisotopic (exact) mass is 432 g/mol. The van der Waals surface area contributed by atoms with E-state index in [4.69, 9.17) is 9.47 Å². The van der Waals surface area contributed by atoms with Gasteiger partial charge in [-0.1, -0.05) is 72.8 Å². The van der Waals surface area contributed by atoms with Gasteiger partial charge in [-0.2, -0.15) is 0 Å². The van der Waals surface area contributed by atoms with E-state index in [1.165, 1.54) is 0 Å². The summed E-state index contributed by atoms with van der Waals surface area (Å²) in [6.07, 6.45) is -1.07. The Morgan fingerprint density at radius 2 is 1.44 bits per heavy atom. The average Bonchev–Trinajstić information content (AvgIpc) is 2.76. The Balaban J connectivity index is 1.73. The van der Waals surface area contributed by atoms with Crippen molar-refractivity contribution in [3.63, 3.8) is 0 Å². The molecule has 0 aliphatic rings. The first-order valence-corrected chi connectivity index (χ1v) is 10.4. The zero-order valence-electron chi connectivity index (χ0n) is 18.5. The highest BCUT2D eigenvalue weighted by atomic mass is 16.6. The van der Waals surface area contributed by atoms with E-state index in [1.54, 1.807) is 12.1 Å². The summed E-state index contributed by atoms with van der Waals surface area (Å²) in [5, 5.41) is 5.67. The molecule has 0 spiro atoms. The van der Waals surface area contributed by atoms with Gasteiger partial charge in [-0.3, -0.25) is 5.32 Å². The average molecular weight is 433 g/mol. The smallest absolute Gasteiger partial charge is 0.411 e. The summed E-state index contributed by atoms with van der Waals surface area (Å²) in [4.78, 5) is 24.7. The predicted octanol–water partition coefficient (Wildman–Crippen LogP) is 6.05. The molecule has 0 saturated heterocycles. The van der Waals surface area contributed by atoms with Crippen LogP contribution in [0.4, 0.5) is 15.3 Å². The predicted molar refractivity (Wildman–Crippen MR) is 124 cm³/mol. The number of rotatable bonds is 6. The highest BCUT2D eigenvalue weighted by Crippen LogP contribution is 2.25. The van der Waals surface area contributed by atoms with Crippen LogP contribution in [0.15, 0.2) is 84.9 Å². The molecule has 0 fully saturated rings. The number of ether oxygens (including phenoxy) is 2. The van der Waals surface area contributed by atoms with Crippen LogP contribution in [0.3, 0.4) is 0 Å². The van der Waals surface area contributed by atoms with Gasteiger partial charge in [0.15, 0.2) is 0 Å². The zero-order chi connectivity index (χ0) is 23.0. The fourth-order valence-electron chi connectivity index (χ4n) is 3.10. The molecule has 2 amide bonds. The quantitative estimate of drug-likeness (QED) is 0.497. The maximum Gasteiger partial charge on any atom is 0.411 e. The minimum absolute atomic E-state index is 0.180. The molecule has 32 heavy (non-hydrogen) atoms. The van der Waals surface area contributed by atoms with Crippen LogP contribution in [0.25, 0.3) is 0 Å². The van der Waals surface area contributed by atoms with Crippen LogP contribution >= 0.6 is 0 Å². The van der Waals surface area contributed by atoms with Gasteiger partial charge in [0.25, 0.3) is 0 Å². The molecule has 3 aromatic carbocycles. The van der Waals surface area contributed by atoms with Crippen molar-refractivity contribution in [2.24, 2.45) is 0 Å². The Kier molecular flexibility index (Phi) is 7.49. The molecule has 0 radical (unpaired) electrons. The van der Waals surface area contributed by atoms with Gasteiger partial charge in [-0.15, -0.1) is 0 Å².